The Morgan fingerprint density at radius 1 is 1.40 bits per heavy atom. The molecule has 0 aliphatic rings. The summed E-state index contributed by atoms with van der Waals surface area (Å²) < 4.78 is 1.75. The van der Waals surface area contributed by atoms with Crippen molar-refractivity contribution in [3.05, 3.63) is 45.0 Å². The maximum absolute atomic E-state index is 11.1. The van der Waals surface area contributed by atoms with Crippen molar-refractivity contribution in [2.24, 2.45) is 0 Å². The quantitative estimate of drug-likeness (QED) is 0.760. The number of carbonyl (C=O) groups is 1. The van der Waals surface area contributed by atoms with Crippen LogP contribution in [-0.2, 0) is 0 Å². The molecular weight excluding hydrogens is 319 g/mol. The van der Waals surface area contributed by atoms with E-state index in [-0.39, 0.29) is 4.88 Å². The highest BCUT2D eigenvalue weighted by molar-refractivity contribution is 7.19. The first-order valence-electron chi connectivity index (χ1n) is 5.64. The number of hydrogen-bond donors (Lipinski definition) is 1. The van der Waals surface area contributed by atoms with Gasteiger partial charge in [-0.3, -0.25) is 4.40 Å². The Morgan fingerprint density at radius 3 is 2.80 bits per heavy atom. The molecule has 0 saturated carbocycles. The molecule has 0 aliphatic heterocycles. The molecule has 3 rings (SSSR count). The van der Waals surface area contributed by atoms with Crippen LogP contribution in [-0.4, -0.2) is 20.5 Å². The van der Waals surface area contributed by atoms with Crippen LogP contribution in [0.3, 0.4) is 0 Å². The standard InChI is InChI=1S/C13H8Cl2N2O2S/c1-6-11(12(18)19)20-13-16-10(5-17(6)13)8-4-7(14)2-3-9(8)15/h2-5H,1H3,(H,18,19). The van der Waals surface area contributed by atoms with Crippen LogP contribution in [0.1, 0.15) is 15.4 Å². The van der Waals surface area contributed by atoms with E-state index in [4.69, 9.17) is 28.3 Å². The number of aromatic nitrogens is 2. The number of imidazole rings is 1. The average Bonchev–Trinajstić information content (AvgIpc) is 2.92. The molecule has 7 heteroatoms. The third-order valence-corrected chi connectivity index (χ3v) is 4.66. The van der Waals surface area contributed by atoms with Crippen molar-refractivity contribution in [1.29, 1.82) is 0 Å². The monoisotopic (exact) mass is 326 g/mol. The van der Waals surface area contributed by atoms with E-state index in [9.17, 15) is 4.79 Å². The molecule has 0 saturated heterocycles. The molecule has 2 aromatic heterocycles. The van der Waals surface area contributed by atoms with E-state index in [1.165, 1.54) is 0 Å². The molecule has 1 N–H and O–H groups in total. The maximum atomic E-state index is 11.1. The summed E-state index contributed by atoms with van der Waals surface area (Å²) in [4.78, 5) is 16.4. The van der Waals surface area contributed by atoms with Crippen molar-refractivity contribution in [1.82, 2.24) is 9.38 Å². The van der Waals surface area contributed by atoms with E-state index >= 15 is 0 Å². The number of aryl methyl sites for hydroxylation is 1. The molecule has 3 aromatic rings. The van der Waals surface area contributed by atoms with Crippen LogP contribution >= 0.6 is 34.5 Å². The fourth-order valence-corrected chi connectivity index (χ4v) is 3.31. The van der Waals surface area contributed by atoms with E-state index in [0.717, 1.165) is 16.9 Å². The van der Waals surface area contributed by atoms with Crippen LogP contribution in [0.5, 0.6) is 0 Å². The number of carboxylic acids is 1. The van der Waals surface area contributed by atoms with Crippen LogP contribution in [0.2, 0.25) is 10.0 Å². The van der Waals surface area contributed by atoms with Crippen molar-refractivity contribution < 1.29 is 9.90 Å². The van der Waals surface area contributed by atoms with Crippen molar-refractivity contribution in [2.45, 2.75) is 6.92 Å². The van der Waals surface area contributed by atoms with E-state index in [1.807, 2.05) is 0 Å². The Labute approximate surface area is 128 Å². The van der Waals surface area contributed by atoms with Crippen LogP contribution < -0.4 is 0 Å². The minimum Gasteiger partial charge on any atom is -0.477 e. The smallest absolute Gasteiger partial charge is 0.347 e. The first kappa shape index (κ1) is 13.4. The number of thiazole rings is 1. The second-order valence-corrected chi connectivity index (χ2v) is 6.05. The zero-order valence-corrected chi connectivity index (χ0v) is 12.6. The third-order valence-electron chi connectivity index (χ3n) is 2.96. The van der Waals surface area contributed by atoms with Gasteiger partial charge in [-0.2, -0.15) is 0 Å². The fraction of sp³-hybridized carbons (Fsp3) is 0.0769. The number of hydrogen-bond acceptors (Lipinski definition) is 3. The molecule has 0 bridgehead atoms. The molecule has 1 aromatic carbocycles. The molecule has 0 atom stereocenters. The lowest BCUT2D eigenvalue weighted by atomic mass is 10.2. The van der Waals surface area contributed by atoms with Gasteiger partial charge in [0.05, 0.1) is 10.7 Å². The molecule has 0 spiro atoms. The van der Waals surface area contributed by atoms with E-state index < -0.39 is 5.97 Å². The number of benzene rings is 1. The van der Waals surface area contributed by atoms with Gasteiger partial charge in [0.15, 0.2) is 4.96 Å². The molecule has 0 unspecified atom stereocenters. The molecule has 102 valence electrons. The first-order valence-corrected chi connectivity index (χ1v) is 7.22. The molecule has 2 heterocycles. The summed E-state index contributed by atoms with van der Waals surface area (Å²) >= 11 is 13.3. The number of carboxylic acid groups (broad SMARTS) is 1. The van der Waals surface area contributed by atoms with Gasteiger partial charge in [-0.1, -0.05) is 34.5 Å². The summed E-state index contributed by atoms with van der Waals surface area (Å²) in [7, 11) is 0. The topological polar surface area (TPSA) is 54.6 Å². The Kier molecular flexibility index (Phi) is 3.20. The Bertz CT molecular complexity index is 838. The minimum absolute atomic E-state index is 0.288. The second kappa shape index (κ2) is 4.77. The number of nitrogens with zero attached hydrogens (tertiary/aromatic N) is 2. The van der Waals surface area contributed by atoms with Crippen LogP contribution in [0.4, 0.5) is 0 Å². The van der Waals surface area contributed by atoms with Crippen molar-refractivity contribution in [3.63, 3.8) is 0 Å². The highest BCUT2D eigenvalue weighted by Crippen LogP contribution is 2.32. The van der Waals surface area contributed by atoms with Crippen LogP contribution in [0.15, 0.2) is 24.4 Å². The van der Waals surface area contributed by atoms with Gasteiger partial charge < -0.3 is 5.11 Å². The zero-order valence-electron chi connectivity index (χ0n) is 10.2. The summed E-state index contributed by atoms with van der Waals surface area (Å²) in [5, 5.41) is 10.2. The van der Waals surface area contributed by atoms with Gasteiger partial charge in [-0.05, 0) is 25.1 Å². The number of halogens is 2. The molecule has 0 amide bonds. The predicted octanol–water partition coefficient (Wildman–Crippen LogP) is 4.38. The van der Waals surface area contributed by atoms with Gasteiger partial charge in [-0.25, -0.2) is 9.78 Å². The molecule has 20 heavy (non-hydrogen) atoms. The summed E-state index contributed by atoms with van der Waals surface area (Å²) in [6.45, 7) is 1.75. The van der Waals surface area contributed by atoms with Gasteiger partial charge in [0.1, 0.15) is 4.88 Å². The predicted molar refractivity (Wildman–Crippen MR) is 80.2 cm³/mol. The normalized spacial score (nSPS) is 11.2. The summed E-state index contributed by atoms with van der Waals surface area (Å²) in [6, 6.07) is 5.16. The number of aromatic carboxylic acids is 1. The SMILES string of the molecule is Cc1c(C(=O)O)sc2nc(-c3cc(Cl)ccc3Cl)cn12. The first-order chi connectivity index (χ1) is 9.47. The highest BCUT2D eigenvalue weighted by atomic mass is 35.5. The number of rotatable bonds is 2. The summed E-state index contributed by atoms with van der Waals surface area (Å²) in [6.07, 6.45) is 1.77. The van der Waals surface area contributed by atoms with Crippen molar-refractivity contribution in [2.75, 3.05) is 0 Å². The zero-order chi connectivity index (χ0) is 14.4. The Balaban J connectivity index is 2.19. The van der Waals surface area contributed by atoms with E-state index in [1.54, 1.807) is 35.7 Å². The van der Waals surface area contributed by atoms with Crippen molar-refractivity contribution in [3.8, 4) is 11.3 Å². The van der Waals surface area contributed by atoms with E-state index in [2.05, 4.69) is 4.98 Å². The second-order valence-electron chi connectivity index (χ2n) is 4.22. The Morgan fingerprint density at radius 2 is 2.15 bits per heavy atom. The summed E-state index contributed by atoms with van der Waals surface area (Å²) in [5.41, 5.74) is 2.05. The minimum atomic E-state index is -0.944. The largest absolute Gasteiger partial charge is 0.477 e. The molecule has 0 fully saturated rings. The molecule has 0 radical (unpaired) electrons. The van der Waals surface area contributed by atoms with Crippen LogP contribution in [0.25, 0.3) is 16.2 Å². The number of fused-ring (bicyclic) bond motifs is 1. The van der Waals surface area contributed by atoms with Crippen molar-refractivity contribution >= 4 is 45.5 Å². The van der Waals surface area contributed by atoms with Gasteiger partial charge in [0, 0.05) is 22.5 Å². The lowest BCUT2D eigenvalue weighted by Gasteiger charge is -2.00. The maximum Gasteiger partial charge on any atom is 0.347 e. The van der Waals surface area contributed by atoms with Gasteiger partial charge in [0.2, 0.25) is 0 Å². The Hall–Kier alpha value is -1.56. The average molecular weight is 327 g/mol. The van der Waals surface area contributed by atoms with Gasteiger partial charge >= 0.3 is 5.97 Å². The van der Waals surface area contributed by atoms with Crippen LogP contribution in [0, 0.1) is 6.92 Å². The fourth-order valence-electron chi connectivity index (χ4n) is 1.97. The lowest BCUT2D eigenvalue weighted by molar-refractivity contribution is 0.0701. The molecule has 4 nitrogen and oxygen atoms in total. The van der Waals surface area contributed by atoms with Gasteiger partial charge in [0.25, 0.3) is 0 Å². The lowest BCUT2D eigenvalue weighted by Crippen LogP contribution is -1.96. The van der Waals surface area contributed by atoms with E-state index in [0.29, 0.717) is 26.4 Å². The molecular formula is C13H8Cl2N2O2S. The molecule has 0 aliphatic carbocycles. The van der Waals surface area contributed by atoms with Gasteiger partial charge in [-0.15, -0.1) is 0 Å². The highest BCUT2D eigenvalue weighted by Gasteiger charge is 2.18. The third kappa shape index (κ3) is 2.08. The summed E-state index contributed by atoms with van der Waals surface area (Å²) in [5.74, 6) is -0.944.